The lowest BCUT2D eigenvalue weighted by molar-refractivity contribution is 0.170. The second-order valence-electron chi connectivity index (χ2n) is 3.44. The predicted octanol–water partition coefficient (Wildman–Crippen LogP) is 2.04. The van der Waals surface area contributed by atoms with Crippen LogP contribution in [-0.4, -0.2) is 18.8 Å². The van der Waals surface area contributed by atoms with Crippen LogP contribution in [0.25, 0.3) is 0 Å². The number of benzene rings is 1. The van der Waals surface area contributed by atoms with Gasteiger partial charge in [0, 0.05) is 10.6 Å². The fourth-order valence-corrected chi connectivity index (χ4v) is 1.67. The number of aliphatic hydroxyl groups is 1. The molecule has 1 rings (SSSR count). The zero-order valence-corrected chi connectivity index (χ0v) is 9.71. The van der Waals surface area contributed by atoms with Gasteiger partial charge in [-0.15, -0.1) is 0 Å². The van der Waals surface area contributed by atoms with Crippen LogP contribution in [0.2, 0.25) is 5.02 Å². The van der Waals surface area contributed by atoms with Gasteiger partial charge in [-0.3, -0.25) is 0 Å². The maximum Gasteiger partial charge on any atom is 0.119 e. The van der Waals surface area contributed by atoms with E-state index in [1.165, 1.54) is 0 Å². The number of hydrogen-bond acceptors (Lipinski definition) is 3. The molecule has 0 aliphatic carbocycles. The molecule has 1 unspecified atom stereocenters. The molecule has 1 aromatic rings. The number of aryl methyl sites for hydroxylation is 1. The average Bonchev–Trinajstić information content (AvgIpc) is 2.22. The lowest BCUT2D eigenvalue weighted by atomic mass is 10.0. The molecular formula is C11H16ClNO2. The van der Waals surface area contributed by atoms with Gasteiger partial charge in [-0.1, -0.05) is 11.6 Å². The first-order valence-electron chi connectivity index (χ1n) is 4.82. The largest absolute Gasteiger partial charge is 0.497 e. The van der Waals surface area contributed by atoms with E-state index in [2.05, 4.69) is 0 Å². The molecule has 0 heterocycles. The van der Waals surface area contributed by atoms with E-state index in [4.69, 9.17) is 22.1 Å². The minimum atomic E-state index is -0.628. The Morgan fingerprint density at radius 3 is 2.73 bits per heavy atom. The van der Waals surface area contributed by atoms with Crippen LogP contribution in [0.15, 0.2) is 12.1 Å². The smallest absolute Gasteiger partial charge is 0.119 e. The van der Waals surface area contributed by atoms with Gasteiger partial charge in [0.1, 0.15) is 5.75 Å². The van der Waals surface area contributed by atoms with Crippen molar-refractivity contribution >= 4 is 11.6 Å². The maximum atomic E-state index is 9.83. The third-order valence-electron chi connectivity index (χ3n) is 2.29. The molecule has 0 amide bonds. The van der Waals surface area contributed by atoms with Gasteiger partial charge in [0.25, 0.3) is 0 Å². The van der Waals surface area contributed by atoms with Gasteiger partial charge in [-0.25, -0.2) is 0 Å². The number of aliphatic hydroxyl groups excluding tert-OH is 1. The first kappa shape index (κ1) is 12.3. The molecule has 4 heteroatoms. The van der Waals surface area contributed by atoms with Crippen molar-refractivity contribution < 1.29 is 9.84 Å². The first-order valence-corrected chi connectivity index (χ1v) is 5.20. The summed E-state index contributed by atoms with van der Waals surface area (Å²) in [5.74, 6) is 0.697. The van der Waals surface area contributed by atoms with Crippen molar-refractivity contribution in [1.82, 2.24) is 0 Å². The normalized spacial score (nSPS) is 12.6. The second-order valence-corrected chi connectivity index (χ2v) is 3.82. The van der Waals surface area contributed by atoms with Gasteiger partial charge in [0.05, 0.1) is 13.2 Å². The highest BCUT2D eigenvalue weighted by molar-refractivity contribution is 6.32. The SMILES string of the molecule is COc1cc(C)c(Cl)c(C(O)CCN)c1. The van der Waals surface area contributed by atoms with Crippen molar-refractivity contribution in [2.45, 2.75) is 19.4 Å². The van der Waals surface area contributed by atoms with Gasteiger partial charge in [0.2, 0.25) is 0 Å². The van der Waals surface area contributed by atoms with Crippen LogP contribution in [0.1, 0.15) is 23.7 Å². The molecule has 0 bridgehead atoms. The lowest BCUT2D eigenvalue weighted by Gasteiger charge is -2.14. The fourth-order valence-electron chi connectivity index (χ4n) is 1.44. The molecule has 0 aliphatic rings. The van der Waals surface area contributed by atoms with E-state index in [1.807, 2.05) is 13.0 Å². The topological polar surface area (TPSA) is 55.5 Å². The van der Waals surface area contributed by atoms with Crippen LogP contribution >= 0.6 is 11.6 Å². The standard InChI is InChI=1S/C11H16ClNO2/c1-7-5-8(15-2)6-9(11(7)12)10(14)3-4-13/h5-6,10,14H,3-4,13H2,1-2H3. The van der Waals surface area contributed by atoms with Gasteiger partial charge in [-0.05, 0) is 37.6 Å². The summed E-state index contributed by atoms with van der Waals surface area (Å²) in [6.45, 7) is 2.30. The van der Waals surface area contributed by atoms with Crippen molar-refractivity contribution in [3.05, 3.63) is 28.3 Å². The minimum absolute atomic E-state index is 0.424. The molecule has 0 saturated heterocycles. The number of ether oxygens (including phenoxy) is 1. The van der Waals surface area contributed by atoms with Crippen molar-refractivity contribution in [2.24, 2.45) is 5.73 Å². The zero-order chi connectivity index (χ0) is 11.4. The Morgan fingerprint density at radius 2 is 2.20 bits per heavy atom. The summed E-state index contributed by atoms with van der Waals surface area (Å²) < 4.78 is 5.12. The highest BCUT2D eigenvalue weighted by Gasteiger charge is 2.14. The van der Waals surface area contributed by atoms with Crippen LogP contribution in [0.3, 0.4) is 0 Å². The molecular weight excluding hydrogens is 214 g/mol. The molecule has 0 saturated carbocycles. The zero-order valence-electron chi connectivity index (χ0n) is 8.96. The van der Waals surface area contributed by atoms with Crippen molar-refractivity contribution in [2.75, 3.05) is 13.7 Å². The number of rotatable bonds is 4. The Morgan fingerprint density at radius 1 is 1.53 bits per heavy atom. The van der Waals surface area contributed by atoms with E-state index in [0.29, 0.717) is 29.3 Å². The van der Waals surface area contributed by atoms with Gasteiger partial charge >= 0.3 is 0 Å². The third kappa shape index (κ3) is 2.84. The molecule has 3 nitrogen and oxygen atoms in total. The van der Waals surface area contributed by atoms with Crippen molar-refractivity contribution in [3.8, 4) is 5.75 Å². The summed E-state index contributed by atoms with van der Waals surface area (Å²) in [5, 5.41) is 10.4. The number of nitrogens with two attached hydrogens (primary N) is 1. The molecule has 84 valence electrons. The highest BCUT2D eigenvalue weighted by atomic mass is 35.5. The van der Waals surface area contributed by atoms with E-state index in [1.54, 1.807) is 13.2 Å². The summed E-state index contributed by atoms with van der Waals surface area (Å²) in [7, 11) is 1.59. The van der Waals surface area contributed by atoms with Crippen LogP contribution in [-0.2, 0) is 0 Å². The lowest BCUT2D eigenvalue weighted by Crippen LogP contribution is -2.07. The highest BCUT2D eigenvalue weighted by Crippen LogP contribution is 2.31. The second kappa shape index (κ2) is 5.35. The summed E-state index contributed by atoms with van der Waals surface area (Å²) in [5.41, 5.74) is 6.96. The molecule has 0 spiro atoms. The molecule has 3 N–H and O–H groups in total. The van der Waals surface area contributed by atoms with Gasteiger partial charge < -0.3 is 15.6 Å². The van der Waals surface area contributed by atoms with E-state index < -0.39 is 6.10 Å². The molecule has 0 radical (unpaired) electrons. The minimum Gasteiger partial charge on any atom is -0.497 e. The van der Waals surface area contributed by atoms with E-state index >= 15 is 0 Å². The van der Waals surface area contributed by atoms with E-state index in [0.717, 1.165) is 5.56 Å². The molecule has 1 atom stereocenters. The predicted molar refractivity (Wildman–Crippen MR) is 61.4 cm³/mol. The quantitative estimate of drug-likeness (QED) is 0.831. The molecule has 0 aliphatic heterocycles. The van der Waals surface area contributed by atoms with Crippen molar-refractivity contribution in [3.63, 3.8) is 0 Å². The monoisotopic (exact) mass is 229 g/mol. The van der Waals surface area contributed by atoms with Crippen LogP contribution < -0.4 is 10.5 Å². The first-order chi connectivity index (χ1) is 7.10. The Kier molecular flexibility index (Phi) is 4.39. The third-order valence-corrected chi connectivity index (χ3v) is 2.81. The Bertz CT molecular complexity index is 342. The molecule has 1 aromatic carbocycles. The van der Waals surface area contributed by atoms with Crippen LogP contribution in [0, 0.1) is 6.92 Å². The summed E-state index contributed by atoms with van der Waals surface area (Å²) in [6.07, 6.45) is -0.136. The van der Waals surface area contributed by atoms with E-state index in [-0.39, 0.29) is 0 Å². The Hall–Kier alpha value is -0.770. The Balaban J connectivity index is 3.09. The average molecular weight is 230 g/mol. The van der Waals surface area contributed by atoms with Crippen LogP contribution in [0.5, 0.6) is 5.75 Å². The van der Waals surface area contributed by atoms with Crippen molar-refractivity contribution in [1.29, 1.82) is 0 Å². The number of hydrogen-bond donors (Lipinski definition) is 2. The summed E-state index contributed by atoms with van der Waals surface area (Å²) in [6, 6.07) is 3.58. The van der Waals surface area contributed by atoms with Crippen LogP contribution in [0.4, 0.5) is 0 Å². The fraction of sp³-hybridized carbons (Fsp3) is 0.455. The van der Waals surface area contributed by atoms with E-state index in [9.17, 15) is 5.11 Å². The summed E-state index contributed by atoms with van der Waals surface area (Å²) in [4.78, 5) is 0. The number of methoxy groups -OCH3 is 1. The van der Waals surface area contributed by atoms with Gasteiger partial charge in [0.15, 0.2) is 0 Å². The molecule has 15 heavy (non-hydrogen) atoms. The number of halogens is 1. The summed E-state index contributed by atoms with van der Waals surface area (Å²) >= 11 is 6.10. The van der Waals surface area contributed by atoms with Gasteiger partial charge in [-0.2, -0.15) is 0 Å². The molecule has 0 fully saturated rings. The maximum absolute atomic E-state index is 9.83. The Labute approximate surface area is 94.8 Å². The molecule has 0 aromatic heterocycles.